The van der Waals surface area contributed by atoms with Gasteiger partial charge in [0.2, 0.25) is 6.18 Å². The minimum Gasteiger partial charge on any atom is -0.342 e. The van der Waals surface area contributed by atoms with E-state index in [0.29, 0.717) is 0 Å². The largest absolute Gasteiger partial charge is 0.342 e. The maximum Gasteiger partial charge on any atom is 0.262 e. The van der Waals surface area contributed by atoms with Crippen LogP contribution in [-0.2, 0) is 21.9 Å². The second kappa shape index (κ2) is 4.75. The Labute approximate surface area is 105 Å². The van der Waals surface area contributed by atoms with Crippen molar-refractivity contribution in [2.75, 3.05) is 0 Å². The third kappa shape index (κ3) is 3.89. The van der Waals surface area contributed by atoms with Crippen LogP contribution in [0.25, 0.3) is 0 Å². The molecule has 0 fully saturated rings. The van der Waals surface area contributed by atoms with E-state index in [4.69, 9.17) is 0 Å². The standard InChI is InChI=1S/C8H22O4P2S2/c1-7(2,3)16(8(4,5)6)14(11,12)13(9,10)15/h11-12H,1-6H3,(H2,9,10,15). The van der Waals surface area contributed by atoms with Crippen LogP contribution in [0.4, 0.5) is 0 Å². The number of hydrogen-bond donors (Lipinski definition) is 4. The Morgan fingerprint density at radius 3 is 1.12 bits per heavy atom. The molecule has 0 aliphatic rings. The second-order valence-electron chi connectivity index (χ2n) is 5.54. The molecule has 0 saturated carbocycles. The van der Waals surface area contributed by atoms with Gasteiger partial charge in [-0.05, 0) is 11.8 Å². The summed E-state index contributed by atoms with van der Waals surface area (Å²) >= 11 is 4.51. The van der Waals surface area contributed by atoms with Crippen molar-refractivity contribution in [3.63, 3.8) is 0 Å². The average molecular weight is 308 g/mol. The maximum atomic E-state index is 10.1. The molecule has 0 rings (SSSR count). The molecule has 8 heteroatoms. The molecule has 0 atom stereocenters. The van der Waals surface area contributed by atoms with E-state index in [2.05, 4.69) is 11.8 Å². The van der Waals surface area contributed by atoms with E-state index in [9.17, 15) is 19.6 Å². The Balaban J connectivity index is 6.31. The highest BCUT2D eigenvalue weighted by molar-refractivity contribution is 8.65. The van der Waals surface area contributed by atoms with Gasteiger partial charge in [-0.2, -0.15) is 0 Å². The van der Waals surface area contributed by atoms with E-state index in [-0.39, 0.29) is 0 Å². The van der Waals surface area contributed by atoms with Gasteiger partial charge >= 0.3 is 0 Å². The van der Waals surface area contributed by atoms with Gasteiger partial charge in [0, 0.05) is 9.49 Å². The van der Waals surface area contributed by atoms with Gasteiger partial charge in [-0.25, -0.2) is 0 Å². The molecule has 0 bridgehead atoms. The first-order valence-corrected chi connectivity index (χ1v) is 11.7. The second-order valence-corrected chi connectivity index (χ2v) is 19.7. The zero-order chi connectivity index (χ0) is 13.6. The summed E-state index contributed by atoms with van der Waals surface area (Å²) in [6.45, 7) is 11.1. The first-order chi connectivity index (χ1) is 6.62. The molecular formula is C8H22O4P2S2. The summed E-state index contributed by atoms with van der Waals surface area (Å²) in [6.07, 6.45) is -7.96. The lowest BCUT2D eigenvalue weighted by Gasteiger charge is -2.40. The molecule has 0 amide bonds. The quantitative estimate of drug-likeness (QED) is 0.558. The van der Waals surface area contributed by atoms with Gasteiger partial charge in [-0.1, -0.05) is 41.5 Å². The number of rotatable bonds is 1. The van der Waals surface area contributed by atoms with Crippen LogP contribution in [0.5, 0.6) is 0 Å². The maximum absolute atomic E-state index is 10.1. The van der Waals surface area contributed by atoms with Crippen LogP contribution < -0.4 is 0 Å². The fraction of sp³-hybridized carbons (Fsp3) is 1.00. The topological polar surface area (TPSA) is 80.9 Å². The van der Waals surface area contributed by atoms with Gasteiger partial charge in [0.1, 0.15) is 0 Å². The molecule has 0 saturated heterocycles. The molecule has 4 nitrogen and oxygen atoms in total. The van der Waals surface area contributed by atoms with E-state index in [1.165, 1.54) is 0 Å². The SMILES string of the molecule is CC(C)(C)S(C(C)(C)C)=P(O)(O)P(O)(O)=S. The van der Waals surface area contributed by atoms with E-state index in [0.717, 1.165) is 0 Å². The Hall–Kier alpha value is 1.27. The van der Waals surface area contributed by atoms with Crippen molar-refractivity contribution in [3.8, 4) is 0 Å². The molecular weight excluding hydrogens is 286 g/mol. The smallest absolute Gasteiger partial charge is 0.262 e. The van der Waals surface area contributed by atoms with Crippen molar-refractivity contribution in [1.82, 2.24) is 0 Å². The van der Waals surface area contributed by atoms with Crippen LogP contribution in [0.15, 0.2) is 0 Å². The van der Waals surface area contributed by atoms with E-state index >= 15 is 0 Å². The summed E-state index contributed by atoms with van der Waals surface area (Å²) in [5, 5.41) is 0. The highest BCUT2D eigenvalue weighted by Crippen LogP contribution is 2.77. The van der Waals surface area contributed by atoms with E-state index in [1.807, 2.05) is 41.5 Å². The highest BCUT2D eigenvalue weighted by atomic mass is 32.8. The van der Waals surface area contributed by atoms with Gasteiger partial charge in [-0.15, -0.1) is 10.1 Å². The van der Waals surface area contributed by atoms with Crippen molar-refractivity contribution in [2.45, 2.75) is 51.0 Å². The van der Waals surface area contributed by atoms with Crippen LogP contribution >= 0.6 is 12.4 Å². The van der Waals surface area contributed by atoms with Crippen molar-refractivity contribution in [3.05, 3.63) is 0 Å². The van der Waals surface area contributed by atoms with Crippen molar-refractivity contribution < 1.29 is 19.6 Å². The lowest BCUT2D eigenvalue weighted by atomic mass is 10.2. The fourth-order valence-corrected chi connectivity index (χ4v) is 18.5. The van der Waals surface area contributed by atoms with Gasteiger partial charge < -0.3 is 19.6 Å². The van der Waals surface area contributed by atoms with E-state index < -0.39 is 31.9 Å². The molecule has 0 spiro atoms. The summed E-state index contributed by atoms with van der Waals surface area (Å²) in [4.78, 5) is 39.2. The van der Waals surface area contributed by atoms with Gasteiger partial charge in [-0.3, -0.25) is 0 Å². The molecule has 0 unspecified atom stereocenters. The normalized spacial score (nSPS) is 15.7. The van der Waals surface area contributed by atoms with Gasteiger partial charge in [0.05, 0.1) is 0 Å². The molecule has 16 heavy (non-hydrogen) atoms. The lowest BCUT2D eigenvalue weighted by molar-refractivity contribution is 0.452. The molecule has 0 radical (unpaired) electrons. The van der Waals surface area contributed by atoms with Crippen LogP contribution in [-0.4, -0.2) is 29.1 Å². The minimum atomic E-state index is -4.05. The predicted molar refractivity (Wildman–Crippen MR) is 77.0 cm³/mol. The van der Waals surface area contributed by atoms with Crippen molar-refractivity contribution in [2.24, 2.45) is 0 Å². The summed E-state index contributed by atoms with van der Waals surface area (Å²) in [5.74, 6) is 0. The Morgan fingerprint density at radius 1 is 0.812 bits per heavy atom. The molecule has 0 aliphatic heterocycles. The van der Waals surface area contributed by atoms with Crippen molar-refractivity contribution in [1.29, 1.82) is 0 Å². The average Bonchev–Trinajstić information content (AvgIpc) is 1.72. The summed E-state index contributed by atoms with van der Waals surface area (Å²) in [5.41, 5.74) is 0. The summed E-state index contributed by atoms with van der Waals surface area (Å²) in [6, 6.07) is 0. The van der Waals surface area contributed by atoms with Crippen LogP contribution in [0.3, 0.4) is 0 Å². The van der Waals surface area contributed by atoms with Crippen LogP contribution in [0.2, 0.25) is 0 Å². The zero-order valence-electron chi connectivity index (χ0n) is 10.5. The Bertz CT molecular complexity index is 350. The van der Waals surface area contributed by atoms with Gasteiger partial charge in [0.25, 0.3) is 6.18 Å². The lowest BCUT2D eigenvalue weighted by Crippen LogP contribution is -2.36. The Morgan fingerprint density at radius 2 is 1.06 bits per heavy atom. The summed E-state index contributed by atoms with van der Waals surface area (Å²) < 4.78 is -0.879. The zero-order valence-corrected chi connectivity index (χ0v) is 13.9. The van der Waals surface area contributed by atoms with Crippen LogP contribution in [0.1, 0.15) is 41.5 Å². The first kappa shape index (κ1) is 17.3. The third-order valence-corrected chi connectivity index (χ3v) is 18.5. The van der Waals surface area contributed by atoms with E-state index in [1.54, 1.807) is 0 Å². The molecule has 0 aromatic carbocycles. The molecule has 0 aromatic rings. The molecule has 0 heterocycles. The molecule has 0 aromatic heterocycles. The molecule has 4 N–H and O–H groups in total. The van der Waals surface area contributed by atoms with Gasteiger partial charge in [0.15, 0.2) is 0 Å². The predicted octanol–water partition coefficient (Wildman–Crippen LogP) is 2.16. The number of hydrogen-bond acceptors (Lipinski definition) is 1. The van der Waals surface area contributed by atoms with Crippen LogP contribution in [0, 0.1) is 0 Å². The monoisotopic (exact) mass is 308 g/mol. The Kier molecular flexibility index (Phi) is 5.12. The fourth-order valence-electron chi connectivity index (χ4n) is 1.76. The molecule has 100 valence electrons. The first-order valence-electron chi connectivity index (χ1n) is 4.77. The third-order valence-electron chi connectivity index (χ3n) is 1.74. The summed E-state index contributed by atoms with van der Waals surface area (Å²) in [7, 11) is -0.971. The minimum absolute atomic E-state index is 0.439. The highest BCUT2D eigenvalue weighted by Gasteiger charge is 2.41. The molecule has 0 aliphatic carbocycles. The van der Waals surface area contributed by atoms with Crippen molar-refractivity contribution >= 4 is 34.2 Å².